The normalized spacial score (nSPS) is 29.4. The van der Waals surface area contributed by atoms with E-state index in [1.807, 2.05) is 0 Å². The summed E-state index contributed by atoms with van der Waals surface area (Å²) in [4.78, 5) is 11.7. The Bertz CT molecular complexity index is 241. The second-order valence-corrected chi connectivity index (χ2v) is 4.82. The Balaban J connectivity index is 0.00000144. The standard InChI is InChI=1S/C12H22N2O2.ClH/c1-16-8-7-13-5-6-14-12(15)11-9-3-2-4-10(9)11;/h9-11,13H,2-8H2,1H3,(H,14,15);1H. The Morgan fingerprint density at radius 2 is 1.94 bits per heavy atom. The summed E-state index contributed by atoms with van der Waals surface area (Å²) >= 11 is 0. The fourth-order valence-corrected chi connectivity index (χ4v) is 2.90. The second kappa shape index (κ2) is 7.19. The van der Waals surface area contributed by atoms with Crippen LogP contribution in [-0.2, 0) is 9.53 Å². The van der Waals surface area contributed by atoms with Gasteiger partial charge in [-0.3, -0.25) is 4.79 Å². The first kappa shape index (κ1) is 14.7. The number of hydrogen-bond donors (Lipinski definition) is 2. The van der Waals surface area contributed by atoms with Crippen LogP contribution in [0.2, 0.25) is 0 Å². The van der Waals surface area contributed by atoms with Crippen LogP contribution in [0.3, 0.4) is 0 Å². The zero-order valence-electron chi connectivity index (χ0n) is 10.4. The molecule has 5 heteroatoms. The molecule has 0 heterocycles. The van der Waals surface area contributed by atoms with E-state index < -0.39 is 0 Å². The average molecular weight is 263 g/mol. The van der Waals surface area contributed by atoms with Crippen LogP contribution in [0.15, 0.2) is 0 Å². The molecule has 2 atom stereocenters. The van der Waals surface area contributed by atoms with E-state index in [0.29, 0.717) is 5.92 Å². The Morgan fingerprint density at radius 1 is 1.24 bits per heavy atom. The van der Waals surface area contributed by atoms with Gasteiger partial charge < -0.3 is 15.4 Å². The van der Waals surface area contributed by atoms with Crippen molar-refractivity contribution in [1.82, 2.24) is 10.6 Å². The molecule has 100 valence electrons. The zero-order chi connectivity index (χ0) is 11.4. The maximum Gasteiger partial charge on any atom is 0.223 e. The highest BCUT2D eigenvalue weighted by Crippen LogP contribution is 2.57. The molecule has 0 aromatic carbocycles. The van der Waals surface area contributed by atoms with Gasteiger partial charge in [-0.05, 0) is 24.7 Å². The molecule has 2 aliphatic rings. The number of methoxy groups -OCH3 is 1. The predicted molar refractivity (Wildman–Crippen MR) is 69.3 cm³/mol. The third-order valence-corrected chi connectivity index (χ3v) is 3.79. The smallest absolute Gasteiger partial charge is 0.223 e. The topological polar surface area (TPSA) is 50.4 Å². The van der Waals surface area contributed by atoms with Gasteiger partial charge in [-0.1, -0.05) is 6.42 Å². The molecule has 2 saturated carbocycles. The summed E-state index contributed by atoms with van der Waals surface area (Å²) in [5.41, 5.74) is 0. The van der Waals surface area contributed by atoms with Crippen molar-refractivity contribution in [3.8, 4) is 0 Å². The first-order valence-electron chi connectivity index (χ1n) is 6.32. The molecule has 0 spiro atoms. The second-order valence-electron chi connectivity index (χ2n) is 4.82. The molecular formula is C12H23ClN2O2. The van der Waals surface area contributed by atoms with Gasteiger partial charge in [0.05, 0.1) is 6.61 Å². The van der Waals surface area contributed by atoms with Gasteiger partial charge in [-0.25, -0.2) is 0 Å². The summed E-state index contributed by atoms with van der Waals surface area (Å²) in [6, 6.07) is 0. The van der Waals surface area contributed by atoms with Crippen molar-refractivity contribution in [1.29, 1.82) is 0 Å². The van der Waals surface area contributed by atoms with Crippen molar-refractivity contribution in [2.75, 3.05) is 33.4 Å². The number of carbonyl (C=O) groups is 1. The summed E-state index contributed by atoms with van der Waals surface area (Å²) in [5, 5.41) is 6.22. The lowest BCUT2D eigenvalue weighted by Gasteiger charge is -2.07. The minimum absolute atomic E-state index is 0. The monoisotopic (exact) mass is 262 g/mol. The molecule has 2 fully saturated rings. The highest BCUT2D eigenvalue weighted by molar-refractivity contribution is 5.85. The lowest BCUT2D eigenvalue weighted by atomic mass is 10.1. The van der Waals surface area contributed by atoms with Gasteiger partial charge in [0.15, 0.2) is 0 Å². The molecule has 2 N–H and O–H groups in total. The summed E-state index contributed by atoms with van der Waals surface area (Å²) in [7, 11) is 1.69. The number of halogens is 1. The minimum Gasteiger partial charge on any atom is -0.383 e. The molecule has 1 amide bonds. The molecule has 17 heavy (non-hydrogen) atoms. The van der Waals surface area contributed by atoms with Gasteiger partial charge in [0.1, 0.15) is 0 Å². The van der Waals surface area contributed by atoms with E-state index in [0.717, 1.165) is 38.1 Å². The highest BCUT2D eigenvalue weighted by atomic mass is 35.5. The Hall–Kier alpha value is -0.320. The molecule has 0 aromatic rings. The van der Waals surface area contributed by atoms with Crippen molar-refractivity contribution >= 4 is 18.3 Å². The van der Waals surface area contributed by atoms with E-state index in [9.17, 15) is 4.79 Å². The van der Waals surface area contributed by atoms with Crippen LogP contribution in [0.25, 0.3) is 0 Å². The van der Waals surface area contributed by atoms with E-state index in [4.69, 9.17) is 4.74 Å². The number of rotatable bonds is 7. The van der Waals surface area contributed by atoms with Gasteiger partial charge in [0.25, 0.3) is 0 Å². The van der Waals surface area contributed by atoms with Crippen molar-refractivity contribution in [3.63, 3.8) is 0 Å². The van der Waals surface area contributed by atoms with Crippen LogP contribution in [-0.4, -0.2) is 39.3 Å². The fourth-order valence-electron chi connectivity index (χ4n) is 2.90. The zero-order valence-corrected chi connectivity index (χ0v) is 11.2. The Labute approximate surface area is 109 Å². The van der Waals surface area contributed by atoms with E-state index in [1.165, 1.54) is 19.3 Å². The average Bonchev–Trinajstić information content (AvgIpc) is 2.77. The van der Waals surface area contributed by atoms with Crippen LogP contribution in [0.4, 0.5) is 0 Å². The largest absolute Gasteiger partial charge is 0.383 e. The number of nitrogens with one attached hydrogen (secondary N) is 2. The van der Waals surface area contributed by atoms with Crippen LogP contribution >= 0.6 is 12.4 Å². The third kappa shape index (κ3) is 3.83. The molecule has 0 bridgehead atoms. The van der Waals surface area contributed by atoms with Gasteiger partial charge in [-0.15, -0.1) is 12.4 Å². The molecule has 2 aliphatic carbocycles. The lowest BCUT2D eigenvalue weighted by Crippen LogP contribution is -2.34. The van der Waals surface area contributed by atoms with Crippen molar-refractivity contribution in [2.45, 2.75) is 19.3 Å². The quantitative estimate of drug-likeness (QED) is 0.668. The van der Waals surface area contributed by atoms with Gasteiger partial charge >= 0.3 is 0 Å². The number of carbonyl (C=O) groups excluding carboxylic acids is 1. The fraction of sp³-hybridized carbons (Fsp3) is 0.917. The molecule has 0 aliphatic heterocycles. The summed E-state index contributed by atoms with van der Waals surface area (Å²) in [6.07, 6.45) is 3.88. The van der Waals surface area contributed by atoms with Crippen LogP contribution < -0.4 is 10.6 Å². The number of fused-ring (bicyclic) bond motifs is 1. The maximum absolute atomic E-state index is 11.7. The molecular weight excluding hydrogens is 240 g/mol. The van der Waals surface area contributed by atoms with Crippen LogP contribution in [0.1, 0.15) is 19.3 Å². The van der Waals surface area contributed by atoms with Crippen molar-refractivity contribution < 1.29 is 9.53 Å². The van der Waals surface area contributed by atoms with Gasteiger partial charge in [-0.2, -0.15) is 0 Å². The first-order chi connectivity index (χ1) is 7.84. The van der Waals surface area contributed by atoms with Gasteiger partial charge in [0.2, 0.25) is 5.91 Å². The van der Waals surface area contributed by atoms with E-state index in [1.54, 1.807) is 7.11 Å². The molecule has 0 aromatic heterocycles. The number of hydrogen-bond acceptors (Lipinski definition) is 3. The maximum atomic E-state index is 11.7. The van der Waals surface area contributed by atoms with Crippen LogP contribution in [0.5, 0.6) is 0 Å². The minimum atomic E-state index is 0. The summed E-state index contributed by atoms with van der Waals surface area (Å²) in [5.74, 6) is 2.08. The summed E-state index contributed by atoms with van der Waals surface area (Å²) in [6.45, 7) is 3.14. The molecule has 0 saturated heterocycles. The van der Waals surface area contributed by atoms with E-state index in [2.05, 4.69) is 10.6 Å². The predicted octanol–water partition coefficient (Wildman–Crippen LogP) is 0.806. The molecule has 0 radical (unpaired) electrons. The molecule has 2 rings (SSSR count). The molecule has 4 nitrogen and oxygen atoms in total. The van der Waals surface area contributed by atoms with Crippen molar-refractivity contribution in [2.24, 2.45) is 17.8 Å². The Kier molecular flexibility index (Phi) is 6.23. The first-order valence-corrected chi connectivity index (χ1v) is 6.32. The van der Waals surface area contributed by atoms with Crippen LogP contribution in [0, 0.1) is 17.8 Å². The molecule has 2 unspecified atom stereocenters. The van der Waals surface area contributed by atoms with Gasteiger partial charge in [0, 0.05) is 32.7 Å². The summed E-state index contributed by atoms with van der Waals surface area (Å²) < 4.78 is 4.92. The lowest BCUT2D eigenvalue weighted by molar-refractivity contribution is -0.123. The number of ether oxygens (including phenoxy) is 1. The van der Waals surface area contributed by atoms with E-state index >= 15 is 0 Å². The highest BCUT2D eigenvalue weighted by Gasteiger charge is 2.56. The Morgan fingerprint density at radius 3 is 2.59 bits per heavy atom. The van der Waals surface area contributed by atoms with E-state index in [-0.39, 0.29) is 18.3 Å². The third-order valence-electron chi connectivity index (χ3n) is 3.79. The number of amides is 1. The SMILES string of the molecule is COCCNCCNC(=O)C1C2CCCC21.Cl. The van der Waals surface area contributed by atoms with Crippen molar-refractivity contribution in [3.05, 3.63) is 0 Å².